The summed E-state index contributed by atoms with van der Waals surface area (Å²) in [6.07, 6.45) is 1.66. The molecule has 0 aliphatic heterocycles. The number of halogens is 1. The number of benzene rings is 1. The third-order valence-corrected chi connectivity index (χ3v) is 4.70. The summed E-state index contributed by atoms with van der Waals surface area (Å²) in [7, 11) is 1.52. The van der Waals surface area contributed by atoms with Gasteiger partial charge in [0.2, 0.25) is 0 Å². The zero-order valence-electron chi connectivity index (χ0n) is 15.1. The molecule has 8 heteroatoms. The second-order valence-corrected chi connectivity index (χ2v) is 6.73. The van der Waals surface area contributed by atoms with Crippen LogP contribution in [0.1, 0.15) is 11.4 Å². The maximum atomic E-state index is 13.2. The lowest BCUT2D eigenvalue weighted by molar-refractivity contribution is 0.178. The van der Waals surface area contributed by atoms with Crippen LogP contribution in [0.2, 0.25) is 5.02 Å². The number of methoxy groups -OCH3 is 1. The number of ether oxygens (including phenoxy) is 1. The lowest BCUT2D eigenvalue weighted by atomic mass is 10.2. The maximum Gasteiger partial charge on any atom is 0.280 e. The quantitative estimate of drug-likeness (QED) is 0.562. The molecule has 1 aromatic carbocycles. The molecule has 0 spiro atoms. The summed E-state index contributed by atoms with van der Waals surface area (Å²) in [6, 6.07) is 13.8. The van der Waals surface area contributed by atoms with Gasteiger partial charge < -0.3 is 9.30 Å². The Balaban J connectivity index is 1.96. The second-order valence-electron chi connectivity index (χ2n) is 6.29. The van der Waals surface area contributed by atoms with E-state index in [1.807, 2.05) is 12.1 Å². The van der Waals surface area contributed by atoms with Gasteiger partial charge in [0, 0.05) is 24.4 Å². The van der Waals surface area contributed by atoms with E-state index in [1.54, 1.807) is 36.5 Å². The Kier molecular flexibility index (Phi) is 4.85. The molecule has 0 atom stereocenters. The van der Waals surface area contributed by atoms with Crippen molar-refractivity contribution in [3.8, 4) is 5.69 Å². The number of aromatic nitrogens is 4. The summed E-state index contributed by atoms with van der Waals surface area (Å²) in [5, 5.41) is 3.91. The topological polar surface area (TPSA) is 81.9 Å². The van der Waals surface area contributed by atoms with Crippen LogP contribution in [-0.2, 0) is 17.9 Å². The van der Waals surface area contributed by atoms with Crippen molar-refractivity contribution < 1.29 is 4.74 Å². The van der Waals surface area contributed by atoms with Crippen LogP contribution in [0.5, 0.6) is 0 Å². The molecule has 3 aromatic heterocycles. The molecule has 4 aromatic rings. The number of rotatable bonds is 5. The zero-order chi connectivity index (χ0) is 19.7. The average Bonchev–Trinajstić information content (AvgIpc) is 3.01. The van der Waals surface area contributed by atoms with Gasteiger partial charge in [0.1, 0.15) is 0 Å². The molecule has 7 nitrogen and oxygen atoms in total. The molecule has 1 N–H and O–H groups in total. The Hall–Kier alpha value is -3.16. The van der Waals surface area contributed by atoms with Gasteiger partial charge in [-0.2, -0.15) is 0 Å². The molecule has 0 aliphatic rings. The molecule has 0 saturated carbocycles. The molecule has 0 saturated heterocycles. The van der Waals surface area contributed by atoms with E-state index >= 15 is 0 Å². The maximum absolute atomic E-state index is 13.2. The molecular weight excluding hydrogens is 380 g/mol. The number of hydrogen-bond acceptors (Lipinski definition) is 4. The molecule has 0 fully saturated rings. The summed E-state index contributed by atoms with van der Waals surface area (Å²) < 4.78 is 8.19. The number of aromatic amines is 1. The van der Waals surface area contributed by atoms with Gasteiger partial charge in [-0.1, -0.05) is 23.7 Å². The van der Waals surface area contributed by atoms with Gasteiger partial charge in [-0.15, -0.1) is 0 Å². The minimum atomic E-state index is -0.279. The minimum Gasteiger partial charge on any atom is -0.378 e. The highest BCUT2D eigenvalue weighted by Crippen LogP contribution is 2.18. The standard InChI is InChI=1S/C20H17ClN4O3/c1-28-12-17-19-16(10-18(26)24(17)11-14-6-2-3-8-22-14)23-25(20(19)27)15-7-4-5-13(21)9-15/h2-10,23H,11-12H2,1H3. The molecule has 0 aliphatic carbocycles. The van der Waals surface area contributed by atoms with E-state index in [2.05, 4.69) is 10.1 Å². The van der Waals surface area contributed by atoms with E-state index in [0.29, 0.717) is 33.0 Å². The normalized spacial score (nSPS) is 11.2. The van der Waals surface area contributed by atoms with Crippen molar-refractivity contribution in [1.82, 2.24) is 19.3 Å². The first-order valence-corrected chi connectivity index (χ1v) is 8.98. The molecular formula is C20H17ClN4O3. The fourth-order valence-electron chi connectivity index (χ4n) is 3.22. The van der Waals surface area contributed by atoms with E-state index in [0.717, 1.165) is 0 Å². The van der Waals surface area contributed by atoms with Crippen molar-refractivity contribution in [1.29, 1.82) is 0 Å². The Morgan fingerprint density at radius 1 is 1.14 bits per heavy atom. The Bertz CT molecular complexity index is 1260. The third kappa shape index (κ3) is 3.26. The van der Waals surface area contributed by atoms with E-state index in [-0.39, 0.29) is 24.3 Å². The summed E-state index contributed by atoms with van der Waals surface area (Å²) in [5.41, 5.74) is 1.72. The zero-order valence-corrected chi connectivity index (χ0v) is 15.8. The molecule has 4 rings (SSSR count). The van der Waals surface area contributed by atoms with E-state index in [9.17, 15) is 9.59 Å². The molecule has 3 heterocycles. The van der Waals surface area contributed by atoms with Crippen molar-refractivity contribution in [3.63, 3.8) is 0 Å². The van der Waals surface area contributed by atoms with Crippen LogP contribution < -0.4 is 11.1 Å². The van der Waals surface area contributed by atoms with Crippen LogP contribution in [0.25, 0.3) is 16.6 Å². The van der Waals surface area contributed by atoms with Crippen LogP contribution in [-0.4, -0.2) is 26.4 Å². The first-order chi connectivity index (χ1) is 13.6. The van der Waals surface area contributed by atoms with Gasteiger partial charge in [0.05, 0.1) is 41.1 Å². The Morgan fingerprint density at radius 2 is 2.00 bits per heavy atom. The van der Waals surface area contributed by atoms with Crippen LogP contribution in [0, 0.1) is 0 Å². The molecule has 142 valence electrons. The highest BCUT2D eigenvalue weighted by atomic mass is 35.5. The fourth-order valence-corrected chi connectivity index (χ4v) is 3.40. The van der Waals surface area contributed by atoms with Crippen LogP contribution >= 0.6 is 11.6 Å². The smallest absolute Gasteiger partial charge is 0.280 e. The molecule has 0 bridgehead atoms. The van der Waals surface area contributed by atoms with E-state index < -0.39 is 0 Å². The highest BCUT2D eigenvalue weighted by molar-refractivity contribution is 6.30. The predicted octanol–water partition coefficient (Wildman–Crippen LogP) is 2.72. The lowest BCUT2D eigenvalue weighted by Gasteiger charge is -2.12. The van der Waals surface area contributed by atoms with Crippen molar-refractivity contribution >= 4 is 22.5 Å². The average molecular weight is 397 g/mol. The van der Waals surface area contributed by atoms with Gasteiger partial charge in [-0.05, 0) is 30.3 Å². The van der Waals surface area contributed by atoms with E-state index in [1.165, 1.54) is 22.4 Å². The number of pyridine rings is 2. The minimum absolute atomic E-state index is 0.113. The van der Waals surface area contributed by atoms with Crippen molar-refractivity contribution in [2.45, 2.75) is 13.2 Å². The summed E-state index contributed by atoms with van der Waals surface area (Å²) in [5.74, 6) is 0. The van der Waals surface area contributed by atoms with Gasteiger partial charge in [-0.3, -0.25) is 19.7 Å². The van der Waals surface area contributed by atoms with Gasteiger partial charge in [0.15, 0.2) is 0 Å². The number of fused-ring (bicyclic) bond motifs is 1. The molecule has 0 amide bonds. The van der Waals surface area contributed by atoms with Gasteiger partial charge in [-0.25, -0.2) is 4.68 Å². The second kappa shape index (κ2) is 7.46. The number of hydrogen-bond donors (Lipinski definition) is 1. The molecule has 28 heavy (non-hydrogen) atoms. The lowest BCUT2D eigenvalue weighted by Crippen LogP contribution is -2.26. The van der Waals surface area contributed by atoms with Crippen molar-refractivity contribution in [3.05, 3.63) is 91.8 Å². The van der Waals surface area contributed by atoms with Gasteiger partial charge >= 0.3 is 0 Å². The van der Waals surface area contributed by atoms with Crippen LogP contribution in [0.15, 0.2) is 64.3 Å². The monoisotopic (exact) mass is 396 g/mol. The summed E-state index contributed by atoms with van der Waals surface area (Å²) in [4.78, 5) is 30.2. The van der Waals surface area contributed by atoms with E-state index in [4.69, 9.17) is 16.3 Å². The SMILES string of the molecule is COCc1c2c(=O)n(-c3cccc(Cl)c3)[nH]c2cc(=O)n1Cc1ccccn1. The summed E-state index contributed by atoms with van der Waals surface area (Å²) >= 11 is 6.06. The van der Waals surface area contributed by atoms with Crippen LogP contribution in [0.3, 0.4) is 0 Å². The largest absolute Gasteiger partial charge is 0.378 e. The highest BCUT2D eigenvalue weighted by Gasteiger charge is 2.18. The van der Waals surface area contributed by atoms with Crippen molar-refractivity contribution in [2.75, 3.05) is 7.11 Å². The van der Waals surface area contributed by atoms with Crippen molar-refractivity contribution in [2.24, 2.45) is 0 Å². The Labute approximate surface area is 164 Å². The number of nitrogens with one attached hydrogen (secondary N) is 1. The summed E-state index contributed by atoms with van der Waals surface area (Å²) in [6.45, 7) is 0.359. The third-order valence-electron chi connectivity index (χ3n) is 4.46. The number of H-pyrrole nitrogens is 1. The Morgan fingerprint density at radius 3 is 2.71 bits per heavy atom. The first kappa shape index (κ1) is 18.2. The molecule has 0 radical (unpaired) electrons. The van der Waals surface area contributed by atoms with Crippen LogP contribution in [0.4, 0.5) is 0 Å². The molecule has 0 unspecified atom stereocenters. The first-order valence-electron chi connectivity index (χ1n) is 8.60. The van der Waals surface area contributed by atoms with Gasteiger partial charge in [0.25, 0.3) is 11.1 Å². The number of nitrogens with zero attached hydrogens (tertiary/aromatic N) is 3. The predicted molar refractivity (Wildman–Crippen MR) is 107 cm³/mol. The fraction of sp³-hybridized carbons (Fsp3) is 0.150.